The minimum absolute atomic E-state index is 0.725. The van der Waals surface area contributed by atoms with Crippen LogP contribution in [0.2, 0.25) is 0 Å². The molecule has 1 aliphatic carbocycles. The summed E-state index contributed by atoms with van der Waals surface area (Å²) in [5.41, 5.74) is 0.725. The lowest BCUT2D eigenvalue weighted by atomic mass is 9.73. The standard InChI is InChI=1S/C14H26N2/c1-2-4-13(5-3-1)10-16-8-6-14(7-9-16)11-15-12-14/h13,15H,1-12H2. The maximum atomic E-state index is 3.45. The zero-order valence-corrected chi connectivity index (χ0v) is 10.5. The molecule has 16 heavy (non-hydrogen) atoms. The van der Waals surface area contributed by atoms with E-state index in [2.05, 4.69) is 10.2 Å². The van der Waals surface area contributed by atoms with E-state index in [0.29, 0.717) is 0 Å². The normalized spacial score (nSPS) is 31.5. The molecule has 0 aromatic carbocycles. The van der Waals surface area contributed by atoms with Gasteiger partial charge < -0.3 is 10.2 Å². The van der Waals surface area contributed by atoms with Crippen molar-refractivity contribution in [3.8, 4) is 0 Å². The number of hydrogen-bond acceptors (Lipinski definition) is 2. The first kappa shape index (κ1) is 11.0. The molecule has 0 aromatic rings. The van der Waals surface area contributed by atoms with E-state index in [1.807, 2.05) is 0 Å². The first-order chi connectivity index (χ1) is 7.86. The highest BCUT2D eigenvalue weighted by molar-refractivity contribution is 4.96. The molecule has 3 fully saturated rings. The predicted molar refractivity (Wildman–Crippen MR) is 67.6 cm³/mol. The molecular formula is C14H26N2. The Morgan fingerprint density at radius 1 is 1.00 bits per heavy atom. The third kappa shape index (κ3) is 2.28. The summed E-state index contributed by atoms with van der Waals surface area (Å²) < 4.78 is 0. The third-order valence-electron chi connectivity index (χ3n) is 5.16. The minimum Gasteiger partial charge on any atom is -0.316 e. The number of nitrogens with zero attached hydrogens (tertiary/aromatic N) is 1. The number of piperidine rings is 1. The highest BCUT2D eigenvalue weighted by atomic mass is 15.1. The Kier molecular flexibility index (Phi) is 3.21. The van der Waals surface area contributed by atoms with Crippen molar-refractivity contribution in [2.24, 2.45) is 11.3 Å². The smallest absolute Gasteiger partial charge is 0.00212 e. The van der Waals surface area contributed by atoms with Crippen LogP contribution in [0.15, 0.2) is 0 Å². The highest BCUT2D eigenvalue weighted by Gasteiger charge is 2.39. The summed E-state index contributed by atoms with van der Waals surface area (Å²) in [5, 5.41) is 3.45. The molecule has 0 atom stereocenters. The van der Waals surface area contributed by atoms with Gasteiger partial charge in [-0.2, -0.15) is 0 Å². The number of hydrogen-bond donors (Lipinski definition) is 1. The summed E-state index contributed by atoms with van der Waals surface area (Å²) in [6.45, 7) is 6.74. The Bertz CT molecular complexity index is 219. The molecule has 1 saturated carbocycles. The maximum Gasteiger partial charge on any atom is 0.00212 e. The van der Waals surface area contributed by atoms with Crippen LogP contribution in [0.25, 0.3) is 0 Å². The lowest BCUT2D eigenvalue weighted by Crippen LogP contribution is -2.58. The van der Waals surface area contributed by atoms with Crippen molar-refractivity contribution in [3.63, 3.8) is 0 Å². The van der Waals surface area contributed by atoms with Crippen LogP contribution in [0.5, 0.6) is 0 Å². The summed E-state index contributed by atoms with van der Waals surface area (Å²) in [5.74, 6) is 1.03. The number of nitrogens with one attached hydrogen (secondary N) is 1. The molecule has 2 nitrogen and oxygen atoms in total. The summed E-state index contributed by atoms with van der Waals surface area (Å²) in [7, 11) is 0. The van der Waals surface area contributed by atoms with Crippen LogP contribution < -0.4 is 5.32 Å². The summed E-state index contributed by atoms with van der Waals surface area (Å²) in [6, 6.07) is 0. The first-order valence-electron chi connectivity index (χ1n) is 7.29. The quantitative estimate of drug-likeness (QED) is 0.771. The molecule has 3 rings (SSSR count). The van der Waals surface area contributed by atoms with Gasteiger partial charge in [-0.3, -0.25) is 0 Å². The van der Waals surface area contributed by atoms with Crippen molar-refractivity contribution in [1.82, 2.24) is 10.2 Å². The molecule has 2 saturated heterocycles. The lowest BCUT2D eigenvalue weighted by Gasteiger charge is -2.49. The fourth-order valence-corrected chi connectivity index (χ4v) is 3.78. The van der Waals surface area contributed by atoms with E-state index in [1.54, 1.807) is 0 Å². The van der Waals surface area contributed by atoms with Crippen LogP contribution in [-0.2, 0) is 0 Å². The Labute approximate surface area is 99.8 Å². The molecule has 0 amide bonds. The van der Waals surface area contributed by atoms with Gasteiger partial charge in [0.25, 0.3) is 0 Å². The van der Waals surface area contributed by atoms with Crippen LogP contribution in [-0.4, -0.2) is 37.6 Å². The fraction of sp³-hybridized carbons (Fsp3) is 1.00. The van der Waals surface area contributed by atoms with E-state index in [4.69, 9.17) is 0 Å². The van der Waals surface area contributed by atoms with E-state index in [0.717, 1.165) is 11.3 Å². The van der Waals surface area contributed by atoms with Crippen molar-refractivity contribution in [2.75, 3.05) is 32.7 Å². The van der Waals surface area contributed by atoms with Gasteiger partial charge in [-0.05, 0) is 50.1 Å². The van der Waals surface area contributed by atoms with Crippen molar-refractivity contribution in [3.05, 3.63) is 0 Å². The Morgan fingerprint density at radius 2 is 1.69 bits per heavy atom. The average molecular weight is 222 g/mol. The molecule has 1 spiro atoms. The van der Waals surface area contributed by atoms with Gasteiger partial charge in [0.15, 0.2) is 0 Å². The predicted octanol–water partition coefficient (Wildman–Crippen LogP) is 2.25. The van der Waals surface area contributed by atoms with E-state index < -0.39 is 0 Å². The molecule has 2 aliphatic heterocycles. The van der Waals surface area contributed by atoms with Crippen LogP contribution in [0.4, 0.5) is 0 Å². The van der Waals surface area contributed by atoms with E-state index >= 15 is 0 Å². The average Bonchev–Trinajstić information content (AvgIpc) is 2.29. The van der Waals surface area contributed by atoms with Gasteiger partial charge in [0.2, 0.25) is 0 Å². The zero-order chi connectivity index (χ0) is 10.8. The molecule has 1 N–H and O–H groups in total. The van der Waals surface area contributed by atoms with E-state index in [1.165, 1.54) is 77.7 Å². The fourth-order valence-electron chi connectivity index (χ4n) is 3.78. The molecule has 3 aliphatic rings. The van der Waals surface area contributed by atoms with Gasteiger partial charge in [-0.15, -0.1) is 0 Å². The Balaban J connectivity index is 1.43. The van der Waals surface area contributed by atoms with E-state index in [9.17, 15) is 0 Å². The number of likely N-dealkylation sites (tertiary alicyclic amines) is 1. The Morgan fingerprint density at radius 3 is 2.25 bits per heavy atom. The monoisotopic (exact) mass is 222 g/mol. The second-order valence-electron chi connectivity index (χ2n) is 6.41. The minimum atomic E-state index is 0.725. The summed E-state index contributed by atoms with van der Waals surface area (Å²) in [4.78, 5) is 2.75. The second kappa shape index (κ2) is 4.66. The molecule has 2 heteroatoms. The molecule has 0 aromatic heterocycles. The van der Waals surface area contributed by atoms with Crippen LogP contribution in [0, 0.1) is 11.3 Å². The summed E-state index contributed by atoms with van der Waals surface area (Å²) >= 11 is 0. The first-order valence-corrected chi connectivity index (χ1v) is 7.29. The van der Waals surface area contributed by atoms with Gasteiger partial charge in [0, 0.05) is 19.6 Å². The van der Waals surface area contributed by atoms with Crippen molar-refractivity contribution >= 4 is 0 Å². The lowest BCUT2D eigenvalue weighted by molar-refractivity contribution is 0.0452. The molecule has 0 unspecified atom stereocenters. The van der Waals surface area contributed by atoms with Gasteiger partial charge in [-0.1, -0.05) is 19.3 Å². The molecule has 2 heterocycles. The number of rotatable bonds is 2. The van der Waals surface area contributed by atoms with Crippen molar-refractivity contribution in [2.45, 2.75) is 44.9 Å². The highest BCUT2D eigenvalue weighted by Crippen LogP contribution is 2.35. The van der Waals surface area contributed by atoms with Crippen LogP contribution >= 0.6 is 0 Å². The molecular weight excluding hydrogens is 196 g/mol. The third-order valence-corrected chi connectivity index (χ3v) is 5.16. The molecule has 0 bridgehead atoms. The van der Waals surface area contributed by atoms with Gasteiger partial charge >= 0.3 is 0 Å². The van der Waals surface area contributed by atoms with Crippen molar-refractivity contribution < 1.29 is 0 Å². The van der Waals surface area contributed by atoms with Gasteiger partial charge in [0.05, 0.1) is 0 Å². The molecule has 0 radical (unpaired) electrons. The SMILES string of the molecule is C1CCC(CN2CCC3(CC2)CNC3)CC1. The van der Waals surface area contributed by atoms with E-state index in [-0.39, 0.29) is 0 Å². The zero-order valence-electron chi connectivity index (χ0n) is 10.5. The van der Waals surface area contributed by atoms with Gasteiger partial charge in [-0.25, -0.2) is 0 Å². The summed E-state index contributed by atoms with van der Waals surface area (Å²) in [6.07, 6.45) is 10.4. The Hall–Kier alpha value is -0.0800. The molecule has 92 valence electrons. The van der Waals surface area contributed by atoms with Crippen LogP contribution in [0.1, 0.15) is 44.9 Å². The van der Waals surface area contributed by atoms with Gasteiger partial charge in [0.1, 0.15) is 0 Å². The maximum absolute atomic E-state index is 3.45. The largest absolute Gasteiger partial charge is 0.316 e. The van der Waals surface area contributed by atoms with Crippen molar-refractivity contribution in [1.29, 1.82) is 0 Å². The second-order valence-corrected chi connectivity index (χ2v) is 6.41. The van der Waals surface area contributed by atoms with Crippen LogP contribution in [0.3, 0.4) is 0 Å². The topological polar surface area (TPSA) is 15.3 Å².